The lowest BCUT2D eigenvalue weighted by atomic mass is 10.1. The summed E-state index contributed by atoms with van der Waals surface area (Å²) in [5.74, 6) is 0.186. The van der Waals surface area contributed by atoms with E-state index in [1.165, 1.54) is 0 Å². The number of Topliss-reactive ketones (excluding diaryl/α,β-unsaturated/α-hetero) is 1. The number of aryl methyl sites for hydroxylation is 1. The van der Waals surface area contributed by atoms with Gasteiger partial charge in [-0.25, -0.2) is 0 Å². The second-order valence-corrected chi connectivity index (χ2v) is 3.10. The number of fused-ring (bicyclic) bond motifs is 1. The Morgan fingerprint density at radius 3 is 2.82 bits per heavy atom. The topological polar surface area (TPSA) is 17.1 Å². The van der Waals surface area contributed by atoms with Crippen molar-refractivity contribution in [2.24, 2.45) is 0 Å². The molecule has 0 N–H and O–H groups in total. The molecule has 1 aliphatic rings. The third-order valence-electron chi connectivity index (χ3n) is 2.00. The number of carbonyl (C=O) groups is 1. The quantitative estimate of drug-likeness (QED) is 0.579. The molecule has 0 amide bonds. The molecule has 0 fully saturated rings. The van der Waals surface area contributed by atoms with Crippen LogP contribution >= 0.6 is 11.6 Å². The maximum absolute atomic E-state index is 11.2. The first-order valence-electron chi connectivity index (χ1n) is 3.59. The fraction of sp³-hybridized carbons (Fsp3) is 0.222. The molecule has 0 heterocycles. The van der Waals surface area contributed by atoms with E-state index < -0.39 is 0 Å². The Morgan fingerprint density at radius 2 is 2.09 bits per heavy atom. The number of hydrogen-bond acceptors (Lipinski definition) is 1. The van der Waals surface area contributed by atoms with Gasteiger partial charge in [0.2, 0.25) is 0 Å². The van der Waals surface area contributed by atoms with Gasteiger partial charge in [-0.15, -0.1) is 0 Å². The summed E-state index contributed by atoms with van der Waals surface area (Å²) >= 11 is 5.84. The van der Waals surface area contributed by atoms with Crippen LogP contribution in [0.5, 0.6) is 0 Å². The number of rotatable bonds is 0. The van der Waals surface area contributed by atoms with Gasteiger partial charge < -0.3 is 0 Å². The van der Waals surface area contributed by atoms with Crippen molar-refractivity contribution in [3.63, 3.8) is 0 Å². The van der Waals surface area contributed by atoms with E-state index in [-0.39, 0.29) is 5.78 Å². The Labute approximate surface area is 70.0 Å². The second-order valence-electron chi connectivity index (χ2n) is 2.70. The Balaban J connectivity index is 2.68. The minimum Gasteiger partial charge on any atom is -0.294 e. The van der Waals surface area contributed by atoms with Crippen molar-refractivity contribution < 1.29 is 4.79 Å². The largest absolute Gasteiger partial charge is 0.294 e. The van der Waals surface area contributed by atoms with Crippen molar-refractivity contribution >= 4 is 17.4 Å². The summed E-state index contributed by atoms with van der Waals surface area (Å²) in [6.07, 6.45) is 1.48. The van der Waals surface area contributed by atoms with Crippen LogP contribution in [0.2, 0.25) is 5.02 Å². The van der Waals surface area contributed by atoms with Gasteiger partial charge in [0, 0.05) is 12.0 Å². The summed E-state index contributed by atoms with van der Waals surface area (Å²) in [5, 5.41) is 0.602. The molecule has 11 heavy (non-hydrogen) atoms. The molecule has 0 aromatic heterocycles. The van der Waals surface area contributed by atoms with Crippen LogP contribution < -0.4 is 0 Å². The van der Waals surface area contributed by atoms with Crippen LogP contribution in [0, 0.1) is 0 Å². The van der Waals surface area contributed by atoms with E-state index in [0.717, 1.165) is 17.5 Å². The minimum atomic E-state index is 0.186. The first-order chi connectivity index (χ1) is 5.29. The normalized spacial score (nSPS) is 15.2. The van der Waals surface area contributed by atoms with Gasteiger partial charge in [0.15, 0.2) is 5.78 Å². The molecule has 1 nitrogen and oxygen atoms in total. The maximum Gasteiger partial charge on any atom is 0.164 e. The molecule has 2 heteroatoms. The zero-order valence-corrected chi connectivity index (χ0v) is 6.69. The standard InChI is InChI=1S/C9H7ClO/c10-7-3-1-2-6-4-5-8(11)9(6)7/h1-3H,4-5H2. The van der Waals surface area contributed by atoms with E-state index in [4.69, 9.17) is 11.6 Å². The Bertz CT molecular complexity index is 317. The van der Waals surface area contributed by atoms with Gasteiger partial charge in [0.25, 0.3) is 0 Å². The Kier molecular flexibility index (Phi) is 1.46. The molecule has 2 rings (SSSR count). The van der Waals surface area contributed by atoms with Crippen LogP contribution in [0.1, 0.15) is 22.3 Å². The fourth-order valence-corrected chi connectivity index (χ4v) is 1.76. The summed E-state index contributed by atoms with van der Waals surface area (Å²) in [7, 11) is 0. The molecule has 0 unspecified atom stereocenters. The van der Waals surface area contributed by atoms with Gasteiger partial charge in [0.05, 0.1) is 5.02 Å². The van der Waals surface area contributed by atoms with E-state index in [0.29, 0.717) is 11.4 Å². The van der Waals surface area contributed by atoms with Crippen LogP contribution in [0.4, 0.5) is 0 Å². The van der Waals surface area contributed by atoms with Crippen LogP contribution in [0.3, 0.4) is 0 Å². The van der Waals surface area contributed by atoms with E-state index in [9.17, 15) is 4.79 Å². The highest BCUT2D eigenvalue weighted by molar-refractivity contribution is 6.34. The predicted octanol–water partition coefficient (Wildman–Crippen LogP) is 2.47. The van der Waals surface area contributed by atoms with E-state index in [1.807, 2.05) is 12.1 Å². The molecule has 1 aromatic rings. The summed E-state index contributed by atoms with van der Waals surface area (Å²) in [6.45, 7) is 0. The van der Waals surface area contributed by atoms with Crippen LogP contribution in [-0.4, -0.2) is 5.78 Å². The van der Waals surface area contributed by atoms with Crippen LogP contribution in [0.25, 0.3) is 0 Å². The van der Waals surface area contributed by atoms with Crippen molar-refractivity contribution in [2.75, 3.05) is 0 Å². The monoisotopic (exact) mass is 166 g/mol. The van der Waals surface area contributed by atoms with Gasteiger partial charge in [-0.3, -0.25) is 4.79 Å². The van der Waals surface area contributed by atoms with E-state index >= 15 is 0 Å². The zero-order chi connectivity index (χ0) is 7.84. The zero-order valence-electron chi connectivity index (χ0n) is 5.93. The first-order valence-corrected chi connectivity index (χ1v) is 3.97. The van der Waals surface area contributed by atoms with Crippen LogP contribution in [0.15, 0.2) is 18.2 Å². The molecule has 0 radical (unpaired) electrons. The number of ketones is 1. The van der Waals surface area contributed by atoms with Gasteiger partial charge in [-0.05, 0) is 18.1 Å². The van der Waals surface area contributed by atoms with Crippen molar-refractivity contribution in [3.8, 4) is 0 Å². The Hall–Kier alpha value is -0.820. The third kappa shape index (κ3) is 0.962. The molecule has 1 aliphatic carbocycles. The summed E-state index contributed by atoms with van der Waals surface area (Å²) < 4.78 is 0. The fourth-order valence-electron chi connectivity index (χ4n) is 1.46. The molecule has 56 valence electrons. The van der Waals surface area contributed by atoms with Crippen molar-refractivity contribution in [1.29, 1.82) is 0 Å². The number of halogens is 1. The van der Waals surface area contributed by atoms with E-state index in [1.54, 1.807) is 6.07 Å². The Morgan fingerprint density at radius 1 is 1.27 bits per heavy atom. The number of carbonyl (C=O) groups excluding carboxylic acids is 1. The average molecular weight is 167 g/mol. The lowest BCUT2D eigenvalue weighted by molar-refractivity contribution is 0.0994. The van der Waals surface area contributed by atoms with Gasteiger partial charge in [-0.2, -0.15) is 0 Å². The lowest BCUT2D eigenvalue weighted by Crippen LogP contribution is -1.91. The molecule has 0 bridgehead atoms. The highest BCUT2D eigenvalue weighted by atomic mass is 35.5. The summed E-state index contributed by atoms with van der Waals surface area (Å²) in [5.41, 5.74) is 1.84. The van der Waals surface area contributed by atoms with Crippen molar-refractivity contribution in [2.45, 2.75) is 12.8 Å². The lowest BCUT2D eigenvalue weighted by Gasteiger charge is -1.97. The summed E-state index contributed by atoms with van der Waals surface area (Å²) in [4.78, 5) is 11.2. The number of benzene rings is 1. The summed E-state index contributed by atoms with van der Waals surface area (Å²) in [6, 6.07) is 5.62. The molecule has 0 saturated heterocycles. The SMILES string of the molecule is O=C1CCc2cccc(Cl)c21. The second kappa shape index (κ2) is 2.35. The molecular weight excluding hydrogens is 160 g/mol. The predicted molar refractivity (Wildman–Crippen MR) is 44.1 cm³/mol. The average Bonchev–Trinajstić information content (AvgIpc) is 2.34. The highest BCUT2D eigenvalue weighted by Gasteiger charge is 2.21. The van der Waals surface area contributed by atoms with E-state index in [2.05, 4.69) is 0 Å². The smallest absolute Gasteiger partial charge is 0.164 e. The highest BCUT2D eigenvalue weighted by Crippen LogP contribution is 2.27. The number of hydrogen-bond donors (Lipinski definition) is 0. The first kappa shape index (κ1) is 6.86. The van der Waals surface area contributed by atoms with Crippen LogP contribution in [-0.2, 0) is 6.42 Å². The molecule has 1 aromatic carbocycles. The molecule has 0 spiro atoms. The van der Waals surface area contributed by atoms with Gasteiger partial charge in [-0.1, -0.05) is 23.7 Å². The minimum absolute atomic E-state index is 0.186. The molecule has 0 aliphatic heterocycles. The van der Waals surface area contributed by atoms with Crippen molar-refractivity contribution in [3.05, 3.63) is 34.3 Å². The molecular formula is C9H7ClO. The van der Waals surface area contributed by atoms with Crippen molar-refractivity contribution in [1.82, 2.24) is 0 Å². The van der Waals surface area contributed by atoms with Gasteiger partial charge >= 0.3 is 0 Å². The third-order valence-corrected chi connectivity index (χ3v) is 2.32. The van der Waals surface area contributed by atoms with Gasteiger partial charge in [0.1, 0.15) is 0 Å². The molecule has 0 atom stereocenters. The maximum atomic E-state index is 11.2. The molecule has 0 saturated carbocycles.